The van der Waals surface area contributed by atoms with Crippen LogP contribution in [-0.4, -0.2) is 72.9 Å². The molecule has 0 saturated heterocycles. The number of nitrogens with zero attached hydrogens (tertiary/aromatic N) is 2. The second-order valence-corrected chi connectivity index (χ2v) is 16.4. The van der Waals surface area contributed by atoms with Crippen LogP contribution in [0.15, 0.2) is 0 Å². The first-order valence-electron chi connectivity index (χ1n) is 21.2. The Labute approximate surface area is 291 Å². The summed E-state index contributed by atoms with van der Waals surface area (Å²) in [7, 11) is 8.36. The van der Waals surface area contributed by atoms with Crippen LogP contribution in [0.4, 0.5) is 0 Å². The molecule has 0 saturated carbocycles. The van der Waals surface area contributed by atoms with Crippen LogP contribution >= 0.6 is 0 Å². The number of unbranched alkanes of at least 4 members (excludes halogenated alkanes) is 30. The summed E-state index contributed by atoms with van der Waals surface area (Å²) >= 11 is 0. The second-order valence-electron chi connectivity index (χ2n) is 16.4. The highest BCUT2D eigenvalue weighted by atomic mass is 16.4. The summed E-state index contributed by atoms with van der Waals surface area (Å²) in [5.41, 5.74) is 0. The minimum Gasteiger partial charge on any atom is -0.338 e. The number of likely N-dealkylation sites (N-methyl/N-ethyl adjacent to an activating group) is 2. The number of aliphatic hydroxyl groups is 2. The number of rotatable bonds is 37. The third kappa shape index (κ3) is 27.8. The Morgan fingerprint density at radius 2 is 0.435 bits per heavy atom. The molecule has 2 N–H and O–H groups in total. The molecule has 0 heterocycles. The summed E-state index contributed by atoms with van der Waals surface area (Å²) < 4.78 is 0.973. The maximum absolute atomic E-state index is 11.1. The molecule has 2 atom stereocenters. The number of aliphatic hydroxyl groups excluding tert-OH is 2. The topological polar surface area (TPSA) is 40.5 Å². The first-order chi connectivity index (χ1) is 22.2. The molecule has 0 aliphatic rings. The van der Waals surface area contributed by atoms with Crippen molar-refractivity contribution in [2.75, 3.05) is 41.3 Å². The van der Waals surface area contributed by atoms with Crippen LogP contribution in [0, 0.1) is 0 Å². The summed E-state index contributed by atoms with van der Waals surface area (Å²) in [5, 5.41) is 22.3. The van der Waals surface area contributed by atoms with E-state index in [1.54, 1.807) is 0 Å². The van der Waals surface area contributed by atoms with Crippen LogP contribution in [0.3, 0.4) is 0 Å². The smallest absolute Gasteiger partial charge is 0.271 e. The molecular formula is C42H90N2O2+2. The molecule has 46 heavy (non-hydrogen) atoms. The molecule has 2 unspecified atom stereocenters. The van der Waals surface area contributed by atoms with E-state index < -0.39 is 12.5 Å². The SMILES string of the molecule is CCCCCCCCCCCCCCCCCC[N+](C)(C)C(O)C(O)[N+](C)(C)CCCCCCCCCCCCCCCCCC. The van der Waals surface area contributed by atoms with Gasteiger partial charge in [0.25, 0.3) is 12.5 Å². The Hall–Kier alpha value is -0.160. The molecule has 0 aromatic rings. The lowest BCUT2D eigenvalue weighted by Crippen LogP contribution is -2.64. The Kier molecular flexibility index (Phi) is 32.0. The zero-order valence-electron chi connectivity index (χ0n) is 33.0. The van der Waals surface area contributed by atoms with Gasteiger partial charge in [-0.25, -0.2) is 0 Å². The molecule has 0 fully saturated rings. The van der Waals surface area contributed by atoms with Gasteiger partial charge in [0.15, 0.2) is 0 Å². The number of quaternary nitrogens is 2. The summed E-state index contributed by atoms with van der Waals surface area (Å²) in [6.45, 7) is 6.44. The van der Waals surface area contributed by atoms with Crippen LogP contribution in [-0.2, 0) is 0 Å². The second kappa shape index (κ2) is 32.1. The Bertz CT molecular complexity index is 556. The van der Waals surface area contributed by atoms with Crippen molar-refractivity contribution in [2.24, 2.45) is 0 Å². The van der Waals surface area contributed by atoms with Crippen LogP contribution in [0.5, 0.6) is 0 Å². The third-order valence-electron chi connectivity index (χ3n) is 10.9. The van der Waals surface area contributed by atoms with E-state index in [2.05, 4.69) is 42.0 Å². The van der Waals surface area contributed by atoms with Gasteiger partial charge in [-0.15, -0.1) is 0 Å². The van der Waals surface area contributed by atoms with E-state index in [9.17, 15) is 10.2 Å². The predicted octanol–water partition coefficient (Wildman–Crippen LogP) is 12.3. The zero-order valence-corrected chi connectivity index (χ0v) is 33.0. The highest BCUT2D eigenvalue weighted by Crippen LogP contribution is 2.20. The van der Waals surface area contributed by atoms with E-state index in [-0.39, 0.29) is 0 Å². The van der Waals surface area contributed by atoms with Crippen LogP contribution < -0.4 is 0 Å². The van der Waals surface area contributed by atoms with Gasteiger partial charge in [0, 0.05) is 0 Å². The molecule has 0 aromatic carbocycles. The predicted molar refractivity (Wildman–Crippen MR) is 205 cm³/mol. The molecule has 4 heteroatoms. The molecule has 0 radical (unpaired) electrons. The van der Waals surface area contributed by atoms with E-state index in [4.69, 9.17) is 0 Å². The van der Waals surface area contributed by atoms with Gasteiger partial charge >= 0.3 is 0 Å². The lowest BCUT2D eigenvalue weighted by molar-refractivity contribution is -1.01. The average molecular weight is 655 g/mol. The first-order valence-corrected chi connectivity index (χ1v) is 21.2. The lowest BCUT2D eigenvalue weighted by atomic mass is 10.0. The molecule has 0 rings (SSSR count). The molecule has 0 aliphatic carbocycles. The largest absolute Gasteiger partial charge is 0.338 e. The van der Waals surface area contributed by atoms with Crippen molar-refractivity contribution >= 4 is 0 Å². The van der Waals surface area contributed by atoms with Gasteiger partial charge in [0.2, 0.25) is 0 Å². The van der Waals surface area contributed by atoms with Gasteiger partial charge < -0.3 is 10.2 Å². The monoisotopic (exact) mass is 655 g/mol. The van der Waals surface area contributed by atoms with Crippen molar-refractivity contribution in [2.45, 2.75) is 232 Å². The van der Waals surface area contributed by atoms with Gasteiger partial charge in [-0.3, -0.25) is 8.97 Å². The summed E-state index contributed by atoms with van der Waals surface area (Å²) in [4.78, 5) is 0. The summed E-state index contributed by atoms with van der Waals surface area (Å²) in [6, 6.07) is 0. The van der Waals surface area contributed by atoms with Crippen LogP contribution in [0.2, 0.25) is 0 Å². The minimum absolute atomic E-state index is 0.487. The van der Waals surface area contributed by atoms with Gasteiger partial charge in [-0.05, 0) is 25.7 Å². The molecular weight excluding hydrogens is 564 g/mol. The van der Waals surface area contributed by atoms with Gasteiger partial charge in [-0.2, -0.15) is 0 Å². The van der Waals surface area contributed by atoms with Crippen molar-refractivity contribution < 1.29 is 19.2 Å². The molecule has 0 bridgehead atoms. The fourth-order valence-corrected chi connectivity index (χ4v) is 7.12. The fourth-order valence-electron chi connectivity index (χ4n) is 7.12. The van der Waals surface area contributed by atoms with Gasteiger partial charge in [-0.1, -0.05) is 194 Å². The third-order valence-corrected chi connectivity index (χ3v) is 10.9. The van der Waals surface area contributed by atoms with Crippen molar-refractivity contribution in [1.29, 1.82) is 0 Å². The summed E-state index contributed by atoms with van der Waals surface area (Å²) in [6.07, 6.45) is 42.6. The minimum atomic E-state index is -0.743. The van der Waals surface area contributed by atoms with E-state index in [1.807, 2.05) is 0 Å². The van der Waals surface area contributed by atoms with Crippen LogP contribution in [0.1, 0.15) is 219 Å². The zero-order chi connectivity index (χ0) is 34.2. The van der Waals surface area contributed by atoms with E-state index in [1.165, 1.54) is 193 Å². The number of hydrogen-bond donors (Lipinski definition) is 2. The van der Waals surface area contributed by atoms with Crippen molar-refractivity contribution in [1.82, 2.24) is 0 Å². The maximum atomic E-state index is 11.1. The average Bonchev–Trinajstić information content (AvgIpc) is 3.03. The highest BCUT2D eigenvalue weighted by molar-refractivity contribution is 4.54. The molecule has 4 nitrogen and oxygen atoms in total. The molecule has 278 valence electrons. The Morgan fingerprint density at radius 1 is 0.283 bits per heavy atom. The van der Waals surface area contributed by atoms with Gasteiger partial charge in [0.05, 0.1) is 41.3 Å². The summed E-state index contributed by atoms with van der Waals surface area (Å²) in [5.74, 6) is 0. The van der Waals surface area contributed by atoms with Crippen molar-refractivity contribution in [3.63, 3.8) is 0 Å². The molecule has 0 spiro atoms. The van der Waals surface area contributed by atoms with E-state index in [0.717, 1.165) is 25.9 Å². The lowest BCUT2D eigenvalue weighted by Gasteiger charge is -2.42. The van der Waals surface area contributed by atoms with Crippen LogP contribution in [0.25, 0.3) is 0 Å². The highest BCUT2D eigenvalue weighted by Gasteiger charge is 2.42. The number of hydrogen-bond acceptors (Lipinski definition) is 2. The van der Waals surface area contributed by atoms with Gasteiger partial charge in [0.1, 0.15) is 0 Å². The van der Waals surface area contributed by atoms with E-state index >= 15 is 0 Å². The maximum Gasteiger partial charge on any atom is 0.271 e. The molecule has 0 aliphatic heterocycles. The Balaban J connectivity index is 3.76. The quantitative estimate of drug-likeness (QED) is 0.0397. The van der Waals surface area contributed by atoms with E-state index in [0.29, 0.717) is 8.97 Å². The first kappa shape index (κ1) is 45.8. The molecule has 0 amide bonds. The normalized spacial score (nSPS) is 13.8. The standard InChI is InChI=1S/C42H90N2O2/c1-7-9-11-13-15-17-19-21-23-25-27-29-31-33-35-37-39-43(3,4)41(45)42(46)44(5,6)40-38-36-34-32-30-28-26-24-22-20-18-16-14-12-10-8-2/h41-42,45-46H,7-40H2,1-6H3/q+2. The Morgan fingerprint density at radius 3 is 0.609 bits per heavy atom. The van der Waals surface area contributed by atoms with Crippen molar-refractivity contribution in [3.05, 3.63) is 0 Å². The fraction of sp³-hybridized carbons (Fsp3) is 1.00. The molecule has 0 aromatic heterocycles. The van der Waals surface area contributed by atoms with Crippen molar-refractivity contribution in [3.8, 4) is 0 Å².